The zero-order valence-electron chi connectivity index (χ0n) is 15.5. The summed E-state index contributed by atoms with van der Waals surface area (Å²) in [4.78, 5) is 13.5. The summed E-state index contributed by atoms with van der Waals surface area (Å²) < 4.78 is 38.1. The van der Waals surface area contributed by atoms with E-state index in [0.29, 0.717) is 18.0 Å². The lowest BCUT2D eigenvalue weighted by atomic mass is 10.1. The smallest absolute Gasteiger partial charge is 0.241 e. The number of hydrogen-bond acceptors (Lipinski definition) is 5. The number of carbonyl (C=O) groups excluding carboxylic acids is 1. The summed E-state index contributed by atoms with van der Waals surface area (Å²) in [5.74, 6) is 0.822. The van der Waals surface area contributed by atoms with Gasteiger partial charge in [0.25, 0.3) is 0 Å². The van der Waals surface area contributed by atoms with Gasteiger partial charge in [0.15, 0.2) is 11.5 Å². The first-order valence-electron chi connectivity index (χ1n) is 8.47. The van der Waals surface area contributed by atoms with Gasteiger partial charge >= 0.3 is 0 Å². The van der Waals surface area contributed by atoms with Crippen molar-refractivity contribution < 1.29 is 22.7 Å². The maximum atomic E-state index is 12.6. The number of nitrogens with one attached hydrogen (secondary N) is 1. The van der Waals surface area contributed by atoms with E-state index in [0.717, 1.165) is 23.2 Å². The number of rotatable bonds is 6. The molecule has 144 valence electrons. The van der Waals surface area contributed by atoms with Crippen LogP contribution in [0.1, 0.15) is 18.1 Å². The summed E-state index contributed by atoms with van der Waals surface area (Å²) in [5, 5.41) is 0. The molecular formula is C19H22N2O5S. The van der Waals surface area contributed by atoms with Crippen molar-refractivity contribution in [2.75, 3.05) is 25.7 Å². The molecule has 1 aliphatic heterocycles. The first kappa shape index (κ1) is 19.2. The van der Waals surface area contributed by atoms with Crippen molar-refractivity contribution in [2.45, 2.75) is 24.8 Å². The number of fused-ring (bicyclic) bond motifs is 1. The van der Waals surface area contributed by atoms with Crippen LogP contribution in [0.15, 0.2) is 41.3 Å². The molecule has 0 fully saturated rings. The molecule has 0 aromatic heterocycles. The van der Waals surface area contributed by atoms with Crippen molar-refractivity contribution in [3.63, 3.8) is 0 Å². The number of carbonyl (C=O) groups is 1. The molecule has 3 rings (SSSR count). The molecular weight excluding hydrogens is 368 g/mol. The number of methoxy groups -OCH3 is 2. The van der Waals surface area contributed by atoms with Crippen LogP contribution in [0.3, 0.4) is 0 Å². The van der Waals surface area contributed by atoms with Gasteiger partial charge in [-0.25, -0.2) is 13.1 Å². The van der Waals surface area contributed by atoms with Gasteiger partial charge in [-0.1, -0.05) is 12.1 Å². The largest absolute Gasteiger partial charge is 0.493 e. The lowest BCUT2D eigenvalue weighted by Crippen LogP contribution is -2.25. The summed E-state index contributed by atoms with van der Waals surface area (Å²) in [7, 11) is -0.758. The van der Waals surface area contributed by atoms with Crippen LogP contribution in [0.2, 0.25) is 0 Å². The molecule has 0 aliphatic carbocycles. The van der Waals surface area contributed by atoms with E-state index in [1.54, 1.807) is 17.9 Å². The molecule has 0 saturated carbocycles. The van der Waals surface area contributed by atoms with Gasteiger partial charge in [-0.05, 0) is 35.7 Å². The van der Waals surface area contributed by atoms with E-state index in [1.807, 2.05) is 18.2 Å². The van der Waals surface area contributed by atoms with E-state index < -0.39 is 10.0 Å². The quantitative estimate of drug-likeness (QED) is 0.816. The SMILES string of the molecule is COc1ccc(S(=O)(=O)NCc2ccc3c(c2)CCN3C(C)=O)cc1OC. The summed E-state index contributed by atoms with van der Waals surface area (Å²) in [6.45, 7) is 2.36. The number of nitrogens with zero attached hydrogens (tertiary/aromatic N) is 1. The Kier molecular flexibility index (Phi) is 5.38. The third kappa shape index (κ3) is 3.91. The Labute approximate surface area is 158 Å². The summed E-state index contributed by atoms with van der Waals surface area (Å²) in [5.41, 5.74) is 2.78. The van der Waals surface area contributed by atoms with Crippen LogP contribution in [-0.4, -0.2) is 35.1 Å². The molecule has 2 aromatic rings. The van der Waals surface area contributed by atoms with Crippen LogP contribution in [0.5, 0.6) is 11.5 Å². The Hall–Kier alpha value is -2.58. The first-order valence-corrected chi connectivity index (χ1v) is 9.95. The lowest BCUT2D eigenvalue weighted by Gasteiger charge is -2.15. The Bertz CT molecular complexity index is 972. The van der Waals surface area contributed by atoms with E-state index >= 15 is 0 Å². The van der Waals surface area contributed by atoms with E-state index in [4.69, 9.17) is 9.47 Å². The lowest BCUT2D eigenvalue weighted by molar-refractivity contribution is -0.116. The number of hydrogen-bond donors (Lipinski definition) is 1. The fourth-order valence-electron chi connectivity index (χ4n) is 3.14. The van der Waals surface area contributed by atoms with Crippen molar-refractivity contribution in [2.24, 2.45) is 0 Å². The molecule has 1 aliphatic rings. The Morgan fingerprint density at radius 3 is 2.52 bits per heavy atom. The second-order valence-electron chi connectivity index (χ2n) is 6.23. The van der Waals surface area contributed by atoms with E-state index in [9.17, 15) is 13.2 Å². The van der Waals surface area contributed by atoms with Crippen LogP contribution in [0.4, 0.5) is 5.69 Å². The highest BCUT2D eigenvalue weighted by Gasteiger charge is 2.22. The van der Waals surface area contributed by atoms with Crippen molar-refractivity contribution in [3.05, 3.63) is 47.5 Å². The highest BCUT2D eigenvalue weighted by atomic mass is 32.2. The summed E-state index contributed by atoms with van der Waals surface area (Å²) in [6, 6.07) is 10.1. The molecule has 1 N–H and O–H groups in total. The zero-order chi connectivity index (χ0) is 19.6. The average Bonchev–Trinajstić information content (AvgIpc) is 3.09. The van der Waals surface area contributed by atoms with Crippen molar-refractivity contribution in [3.8, 4) is 11.5 Å². The third-order valence-corrected chi connectivity index (χ3v) is 5.95. The molecule has 8 heteroatoms. The van der Waals surface area contributed by atoms with E-state index in [1.165, 1.54) is 26.4 Å². The van der Waals surface area contributed by atoms with Crippen molar-refractivity contribution in [1.82, 2.24) is 4.72 Å². The predicted octanol–water partition coefficient (Wildman–Crippen LogP) is 2.09. The standard InChI is InChI=1S/C19H22N2O5S/c1-13(22)21-9-8-15-10-14(4-6-17(15)21)12-20-27(23,24)16-5-7-18(25-2)19(11-16)26-3/h4-7,10-11,20H,8-9,12H2,1-3H3. The van der Waals surface area contributed by atoms with Gasteiger partial charge in [0.1, 0.15) is 0 Å². The second kappa shape index (κ2) is 7.58. The Morgan fingerprint density at radius 1 is 1.11 bits per heavy atom. The minimum Gasteiger partial charge on any atom is -0.493 e. The molecule has 1 heterocycles. The van der Waals surface area contributed by atoms with Gasteiger partial charge in [0.05, 0.1) is 19.1 Å². The van der Waals surface area contributed by atoms with Gasteiger partial charge < -0.3 is 14.4 Å². The monoisotopic (exact) mass is 390 g/mol. The van der Waals surface area contributed by atoms with Gasteiger partial charge in [-0.3, -0.25) is 4.79 Å². The van der Waals surface area contributed by atoms with Crippen molar-refractivity contribution in [1.29, 1.82) is 0 Å². The molecule has 0 bridgehead atoms. The van der Waals surface area contributed by atoms with Crippen LogP contribution in [0, 0.1) is 0 Å². The van der Waals surface area contributed by atoms with Gasteiger partial charge in [-0.15, -0.1) is 0 Å². The fourth-order valence-corrected chi connectivity index (χ4v) is 4.17. The fraction of sp³-hybridized carbons (Fsp3) is 0.316. The molecule has 0 saturated heterocycles. The normalized spacial score (nSPS) is 13.4. The van der Waals surface area contributed by atoms with Gasteiger partial charge in [0, 0.05) is 31.8 Å². The number of benzene rings is 2. The maximum Gasteiger partial charge on any atom is 0.241 e. The van der Waals surface area contributed by atoms with Crippen LogP contribution < -0.4 is 19.1 Å². The van der Waals surface area contributed by atoms with Crippen LogP contribution in [0.25, 0.3) is 0 Å². The number of anilines is 1. The van der Waals surface area contributed by atoms with E-state index in [-0.39, 0.29) is 17.3 Å². The zero-order valence-corrected chi connectivity index (χ0v) is 16.3. The highest BCUT2D eigenvalue weighted by Crippen LogP contribution is 2.30. The second-order valence-corrected chi connectivity index (χ2v) is 7.99. The minimum atomic E-state index is -3.70. The minimum absolute atomic E-state index is 0.00987. The number of ether oxygens (including phenoxy) is 2. The summed E-state index contributed by atoms with van der Waals surface area (Å²) in [6.07, 6.45) is 0.769. The average molecular weight is 390 g/mol. The topological polar surface area (TPSA) is 84.9 Å². The van der Waals surface area contributed by atoms with Crippen LogP contribution >= 0.6 is 0 Å². The van der Waals surface area contributed by atoms with E-state index in [2.05, 4.69) is 4.72 Å². The van der Waals surface area contributed by atoms with Gasteiger partial charge in [-0.2, -0.15) is 0 Å². The summed E-state index contributed by atoms with van der Waals surface area (Å²) >= 11 is 0. The van der Waals surface area contributed by atoms with Crippen LogP contribution in [-0.2, 0) is 27.8 Å². The van der Waals surface area contributed by atoms with Gasteiger partial charge in [0.2, 0.25) is 15.9 Å². The molecule has 1 amide bonds. The Balaban J connectivity index is 1.76. The molecule has 2 aromatic carbocycles. The molecule has 0 spiro atoms. The maximum absolute atomic E-state index is 12.6. The molecule has 0 radical (unpaired) electrons. The highest BCUT2D eigenvalue weighted by molar-refractivity contribution is 7.89. The third-order valence-electron chi connectivity index (χ3n) is 4.55. The first-order chi connectivity index (χ1) is 12.9. The number of amides is 1. The molecule has 7 nitrogen and oxygen atoms in total. The molecule has 27 heavy (non-hydrogen) atoms. The molecule has 0 unspecified atom stereocenters. The van der Waals surface area contributed by atoms with Crippen molar-refractivity contribution >= 4 is 21.6 Å². The number of sulfonamides is 1. The Morgan fingerprint density at radius 2 is 1.85 bits per heavy atom. The molecule has 0 atom stereocenters. The predicted molar refractivity (Wildman–Crippen MR) is 102 cm³/mol.